The minimum absolute atomic E-state index is 0.113. The molecule has 2 heterocycles. The predicted molar refractivity (Wildman–Crippen MR) is 87.4 cm³/mol. The van der Waals surface area contributed by atoms with Crippen molar-refractivity contribution in [3.8, 4) is 5.75 Å². The molecule has 0 saturated carbocycles. The van der Waals surface area contributed by atoms with Gasteiger partial charge in [-0.25, -0.2) is 0 Å². The maximum absolute atomic E-state index is 12.6. The van der Waals surface area contributed by atoms with Crippen LogP contribution in [0.4, 0.5) is 0 Å². The number of benzene rings is 1. The van der Waals surface area contributed by atoms with E-state index in [0.717, 1.165) is 11.3 Å². The van der Waals surface area contributed by atoms with Crippen LogP contribution in [0.5, 0.6) is 5.75 Å². The zero-order chi connectivity index (χ0) is 17.3. The van der Waals surface area contributed by atoms with Gasteiger partial charge in [-0.1, -0.05) is 18.2 Å². The second-order valence-electron chi connectivity index (χ2n) is 6.24. The van der Waals surface area contributed by atoms with E-state index in [2.05, 4.69) is 4.90 Å². The van der Waals surface area contributed by atoms with Crippen molar-refractivity contribution in [2.75, 3.05) is 40.4 Å². The molecule has 2 atom stereocenters. The van der Waals surface area contributed by atoms with Gasteiger partial charge >= 0.3 is 0 Å². The molecule has 130 valence electrons. The Kier molecular flexibility index (Phi) is 4.73. The van der Waals surface area contributed by atoms with Gasteiger partial charge in [-0.15, -0.1) is 0 Å². The maximum Gasteiger partial charge on any atom is 0.248 e. The van der Waals surface area contributed by atoms with E-state index in [-0.39, 0.29) is 18.4 Å². The minimum Gasteiger partial charge on any atom is -0.496 e. The zero-order valence-corrected chi connectivity index (χ0v) is 14.0. The van der Waals surface area contributed by atoms with Gasteiger partial charge in [-0.2, -0.15) is 0 Å². The number of methoxy groups -OCH3 is 1. The number of para-hydroxylation sites is 1. The zero-order valence-electron chi connectivity index (χ0n) is 14.0. The molecule has 0 aliphatic carbocycles. The lowest BCUT2D eigenvalue weighted by atomic mass is 10.0. The molecule has 7 heteroatoms. The maximum atomic E-state index is 12.6. The van der Waals surface area contributed by atoms with Crippen molar-refractivity contribution < 1.29 is 19.4 Å². The molecule has 0 radical (unpaired) electrons. The summed E-state index contributed by atoms with van der Waals surface area (Å²) in [5, 5.41) is 9.38. The van der Waals surface area contributed by atoms with E-state index in [0.29, 0.717) is 26.2 Å². The summed E-state index contributed by atoms with van der Waals surface area (Å²) in [7, 11) is 3.22. The Balaban J connectivity index is 1.74. The fourth-order valence-electron chi connectivity index (χ4n) is 3.48. The third kappa shape index (κ3) is 2.85. The van der Waals surface area contributed by atoms with E-state index in [1.54, 1.807) is 19.1 Å². The normalized spacial score (nSPS) is 25.0. The van der Waals surface area contributed by atoms with E-state index >= 15 is 0 Å². The van der Waals surface area contributed by atoms with E-state index in [1.807, 2.05) is 24.3 Å². The Morgan fingerprint density at radius 2 is 1.96 bits per heavy atom. The average molecular weight is 333 g/mol. The molecule has 24 heavy (non-hydrogen) atoms. The van der Waals surface area contributed by atoms with E-state index in [9.17, 15) is 14.7 Å². The number of aliphatic hydroxyl groups excluding tert-OH is 1. The molecule has 0 spiro atoms. The Morgan fingerprint density at radius 3 is 2.67 bits per heavy atom. The summed E-state index contributed by atoms with van der Waals surface area (Å²) in [5.41, 5.74) is 1.06. The van der Waals surface area contributed by atoms with Crippen LogP contribution in [0.15, 0.2) is 24.3 Å². The molecule has 7 nitrogen and oxygen atoms in total. The van der Waals surface area contributed by atoms with Crippen LogP contribution in [-0.4, -0.2) is 84.1 Å². The SMILES string of the molecule is COc1ccccc1CN1CCN2C(=O)[C@H](CO)N(C)C(=O)[C@H]2C1. The van der Waals surface area contributed by atoms with Gasteiger partial charge in [0.25, 0.3) is 0 Å². The number of piperazine rings is 2. The topological polar surface area (TPSA) is 73.3 Å². The van der Waals surface area contributed by atoms with Gasteiger partial charge in [0.2, 0.25) is 11.8 Å². The van der Waals surface area contributed by atoms with Gasteiger partial charge < -0.3 is 19.6 Å². The Bertz CT molecular complexity index is 636. The molecule has 1 aromatic carbocycles. The molecule has 1 aromatic rings. The van der Waals surface area contributed by atoms with Crippen molar-refractivity contribution in [3.05, 3.63) is 29.8 Å². The number of carbonyl (C=O) groups excluding carboxylic acids is 2. The summed E-state index contributed by atoms with van der Waals surface area (Å²) in [6.45, 7) is 2.01. The van der Waals surface area contributed by atoms with Crippen molar-refractivity contribution in [2.45, 2.75) is 18.6 Å². The highest BCUT2D eigenvalue weighted by Gasteiger charge is 2.46. The van der Waals surface area contributed by atoms with Gasteiger partial charge in [0.1, 0.15) is 17.8 Å². The van der Waals surface area contributed by atoms with Gasteiger partial charge in [0.15, 0.2) is 0 Å². The van der Waals surface area contributed by atoms with Crippen molar-refractivity contribution in [1.29, 1.82) is 0 Å². The second-order valence-corrected chi connectivity index (χ2v) is 6.24. The van der Waals surface area contributed by atoms with Crippen LogP contribution < -0.4 is 4.74 Å². The fraction of sp³-hybridized carbons (Fsp3) is 0.529. The number of carbonyl (C=O) groups is 2. The lowest BCUT2D eigenvalue weighted by molar-refractivity contribution is -0.165. The number of aliphatic hydroxyl groups is 1. The van der Waals surface area contributed by atoms with E-state index in [4.69, 9.17) is 4.74 Å². The van der Waals surface area contributed by atoms with Crippen molar-refractivity contribution in [1.82, 2.24) is 14.7 Å². The largest absolute Gasteiger partial charge is 0.496 e. The number of amides is 2. The molecule has 0 bridgehead atoms. The summed E-state index contributed by atoms with van der Waals surface area (Å²) >= 11 is 0. The van der Waals surface area contributed by atoms with E-state index < -0.39 is 12.1 Å². The second kappa shape index (κ2) is 6.78. The molecule has 2 saturated heterocycles. The Hall–Kier alpha value is -2.12. The predicted octanol–water partition coefficient (Wildman–Crippen LogP) is -0.459. The van der Waals surface area contributed by atoms with Crippen molar-refractivity contribution in [2.24, 2.45) is 0 Å². The van der Waals surface area contributed by atoms with Gasteiger partial charge in [0, 0.05) is 38.8 Å². The summed E-state index contributed by atoms with van der Waals surface area (Å²) in [5.74, 6) is 0.545. The smallest absolute Gasteiger partial charge is 0.248 e. The monoisotopic (exact) mass is 333 g/mol. The summed E-state index contributed by atoms with van der Waals surface area (Å²) in [4.78, 5) is 30.2. The molecule has 0 unspecified atom stereocenters. The molecular formula is C17H23N3O4. The molecule has 2 aliphatic rings. The molecule has 2 fully saturated rings. The highest BCUT2D eigenvalue weighted by Crippen LogP contribution is 2.24. The van der Waals surface area contributed by atoms with Crippen LogP contribution >= 0.6 is 0 Å². The number of fused-ring (bicyclic) bond motifs is 1. The Labute approximate surface area is 141 Å². The highest BCUT2D eigenvalue weighted by atomic mass is 16.5. The van der Waals surface area contributed by atoms with Crippen LogP contribution in [0.25, 0.3) is 0 Å². The fourth-order valence-corrected chi connectivity index (χ4v) is 3.48. The number of nitrogens with zero attached hydrogens (tertiary/aromatic N) is 3. The first-order valence-corrected chi connectivity index (χ1v) is 8.09. The lowest BCUT2D eigenvalue weighted by Crippen LogP contribution is -2.69. The van der Waals surface area contributed by atoms with Gasteiger partial charge in [-0.05, 0) is 6.07 Å². The standard InChI is InChI=1S/C17H23N3O4/c1-18-14(11-21)17(23)20-8-7-19(10-13(20)16(18)22)9-12-5-3-4-6-15(12)24-2/h3-6,13-14,21H,7-11H2,1-2H3/t13-,14+/m1/s1. The number of hydrogen-bond acceptors (Lipinski definition) is 5. The first-order valence-electron chi connectivity index (χ1n) is 8.09. The molecule has 1 N–H and O–H groups in total. The van der Waals surface area contributed by atoms with Crippen LogP contribution in [0.2, 0.25) is 0 Å². The third-order valence-corrected chi connectivity index (χ3v) is 4.89. The number of ether oxygens (including phenoxy) is 1. The summed E-state index contributed by atoms with van der Waals surface area (Å²) in [6.07, 6.45) is 0. The van der Waals surface area contributed by atoms with Crippen LogP contribution in [0.3, 0.4) is 0 Å². The van der Waals surface area contributed by atoms with Crippen LogP contribution in [-0.2, 0) is 16.1 Å². The first-order chi connectivity index (χ1) is 11.6. The Morgan fingerprint density at radius 1 is 1.21 bits per heavy atom. The van der Waals surface area contributed by atoms with Crippen molar-refractivity contribution >= 4 is 11.8 Å². The molecule has 2 aliphatic heterocycles. The third-order valence-electron chi connectivity index (χ3n) is 4.89. The highest BCUT2D eigenvalue weighted by molar-refractivity contribution is 5.97. The summed E-state index contributed by atoms with van der Waals surface area (Å²) in [6, 6.07) is 6.58. The van der Waals surface area contributed by atoms with Crippen LogP contribution in [0, 0.1) is 0 Å². The minimum atomic E-state index is -0.755. The summed E-state index contributed by atoms with van der Waals surface area (Å²) < 4.78 is 5.38. The van der Waals surface area contributed by atoms with Gasteiger partial charge in [-0.3, -0.25) is 14.5 Å². The number of rotatable bonds is 4. The van der Waals surface area contributed by atoms with E-state index in [1.165, 1.54) is 4.90 Å². The molecule has 0 aromatic heterocycles. The van der Waals surface area contributed by atoms with Crippen molar-refractivity contribution in [3.63, 3.8) is 0 Å². The lowest BCUT2D eigenvalue weighted by Gasteiger charge is -2.48. The molecule has 3 rings (SSSR count). The van der Waals surface area contributed by atoms with Gasteiger partial charge in [0.05, 0.1) is 13.7 Å². The number of likely N-dealkylation sites (N-methyl/N-ethyl adjacent to an activating group) is 1. The first kappa shape index (κ1) is 16.7. The quantitative estimate of drug-likeness (QED) is 0.807. The number of hydrogen-bond donors (Lipinski definition) is 1. The molecular weight excluding hydrogens is 310 g/mol. The van der Waals surface area contributed by atoms with Crippen LogP contribution in [0.1, 0.15) is 5.56 Å². The molecule has 2 amide bonds. The average Bonchev–Trinajstić information content (AvgIpc) is 2.61.